The molecule has 0 nitrogen and oxygen atoms in total. The molecule has 192 valence electrons. The third-order valence-corrected chi connectivity index (χ3v) is 8.41. The van der Waals surface area contributed by atoms with Crippen LogP contribution in [0.3, 0.4) is 0 Å². The van der Waals surface area contributed by atoms with Gasteiger partial charge in [-0.1, -0.05) is 169 Å². The van der Waals surface area contributed by atoms with Crippen molar-refractivity contribution in [3.05, 3.63) is 0 Å². The van der Waals surface area contributed by atoms with E-state index in [2.05, 4.69) is 27.7 Å². The Morgan fingerprint density at radius 2 is 0.344 bits per heavy atom. The van der Waals surface area contributed by atoms with Crippen molar-refractivity contribution >= 4 is 0 Å². The summed E-state index contributed by atoms with van der Waals surface area (Å²) in [5.41, 5.74) is 1.16. The fraction of sp³-hybridized carbons (Fsp3) is 1.00. The SMILES string of the molecule is CC1(C)CCCCCCCCCCCCCC(C)(C)CCCCCCCCCCCCC1. The Hall–Kier alpha value is 0. The molecule has 0 aliphatic heterocycles. The highest BCUT2D eigenvalue weighted by atomic mass is 14.2. The Morgan fingerprint density at radius 1 is 0.219 bits per heavy atom. The van der Waals surface area contributed by atoms with Crippen molar-refractivity contribution in [1.82, 2.24) is 0 Å². The molecule has 1 fully saturated rings. The molecule has 0 spiro atoms. The molecule has 1 rings (SSSR count). The molecule has 0 saturated heterocycles. The first kappa shape index (κ1) is 30.0. The van der Waals surface area contributed by atoms with Gasteiger partial charge in [0.15, 0.2) is 0 Å². The average Bonchev–Trinajstić information content (AvgIpc) is 2.74. The van der Waals surface area contributed by atoms with Crippen molar-refractivity contribution in [3.63, 3.8) is 0 Å². The van der Waals surface area contributed by atoms with E-state index in [4.69, 9.17) is 0 Å². The van der Waals surface area contributed by atoms with Gasteiger partial charge in [-0.3, -0.25) is 0 Å². The second kappa shape index (κ2) is 19.3. The summed E-state index contributed by atoms with van der Waals surface area (Å²) >= 11 is 0. The van der Waals surface area contributed by atoms with Crippen LogP contribution in [0.1, 0.15) is 195 Å². The molecule has 0 atom stereocenters. The Balaban J connectivity index is 2.23. The van der Waals surface area contributed by atoms with Gasteiger partial charge < -0.3 is 0 Å². The van der Waals surface area contributed by atoms with Crippen LogP contribution in [0.5, 0.6) is 0 Å². The molecule has 0 heterocycles. The summed E-state index contributed by atoms with van der Waals surface area (Å²) in [6.45, 7) is 10.1. The van der Waals surface area contributed by atoms with Crippen LogP contribution in [-0.2, 0) is 0 Å². The van der Waals surface area contributed by atoms with Crippen molar-refractivity contribution in [3.8, 4) is 0 Å². The lowest BCUT2D eigenvalue weighted by atomic mass is 9.81. The summed E-state index contributed by atoms with van der Waals surface area (Å²) < 4.78 is 0. The van der Waals surface area contributed by atoms with E-state index in [1.54, 1.807) is 0 Å². The Morgan fingerprint density at radius 3 is 0.500 bits per heavy atom. The molecule has 0 unspecified atom stereocenters. The predicted octanol–water partition coefficient (Wildman–Crippen LogP) is 12.2. The molecular formula is C32H64. The summed E-state index contributed by atoms with van der Waals surface area (Å²) in [6, 6.07) is 0. The fourth-order valence-corrected chi connectivity index (χ4v) is 5.85. The van der Waals surface area contributed by atoms with Crippen molar-refractivity contribution in [2.45, 2.75) is 195 Å². The lowest BCUT2D eigenvalue weighted by molar-refractivity contribution is 0.281. The van der Waals surface area contributed by atoms with E-state index in [0.29, 0.717) is 10.8 Å². The Kier molecular flexibility index (Phi) is 18.1. The first-order valence-corrected chi connectivity index (χ1v) is 15.4. The molecule has 0 aromatic rings. The van der Waals surface area contributed by atoms with Gasteiger partial charge in [0.05, 0.1) is 0 Å². The third kappa shape index (κ3) is 19.5. The lowest BCUT2D eigenvalue weighted by Crippen LogP contribution is -2.11. The molecule has 0 aromatic heterocycles. The van der Waals surface area contributed by atoms with E-state index in [-0.39, 0.29) is 0 Å². The molecule has 1 aliphatic carbocycles. The van der Waals surface area contributed by atoms with Gasteiger partial charge in [-0.25, -0.2) is 0 Å². The minimum atomic E-state index is 0.581. The smallest absolute Gasteiger partial charge is 0.0354 e. The first-order valence-electron chi connectivity index (χ1n) is 15.4. The monoisotopic (exact) mass is 449 g/mol. The Bertz CT molecular complexity index is 321. The van der Waals surface area contributed by atoms with Crippen molar-refractivity contribution in [1.29, 1.82) is 0 Å². The van der Waals surface area contributed by atoms with Crippen LogP contribution < -0.4 is 0 Å². The molecular weight excluding hydrogens is 384 g/mol. The maximum atomic E-state index is 2.52. The topological polar surface area (TPSA) is 0 Å². The van der Waals surface area contributed by atoms with E-state index in [0.717, 1.165) is 0 Å². The van der Waals surface area contributed by atoms with Crippen LogP contribution in [-0.4, -0.2) is 0 Å². The minimum Gasteiger partial charge on any atom is -0.0599 e. The highest BCUT2D eigenvalue weighted by Crippen LogP contribution is 2.32. The maximum absolute atomic E-state index is 2.52. The van der Waals surface area contributed by atoms with Crippen molar-refractivity contribution in [2.24, 2.45) is 10.8 Å². The highest BCUT2D eigenvalue weighted by Gasteiger charge is 2.17. The van der Waals surface area contributed by atoms with E-state index in [9.17, 15) is 0 Å². The van der Waals surface area contributed by atoms with Crippen molar-refractivity contribution in [2.75, 3.05) is 0 Å². The number of hydrogen-bond donors (Lipinski definition) is 0. The first-order chi connectivity index (χ1) is 15.4. The van der Waals surface area contributed by atoms with Gasteiger partial charge in [-0.2, -0.15) is 0 Å². The zero-order valence-corrected chi connectivity index (χ0v) is 23.4. The molecule has 1 aliphatic rings. The quantitative estimate of drug-likeness (QED) is 0.345. The molecule has 0 amide bonds. The van der Waals surface area contributed by atoms with Gasteiger partial charge in [0, 0.05) is 0 Å². The lowest BCUT2D eigenvalue weighted by Gasteiger charge is -2.24. The van der Waals surface area contributed by atoms with Crippen LogP contribution in [0.4, 0.5) is 0 Å². The molecule has 0 bridgehead atoms. The second-order valence-corrected chi connectivity index (χ2v) is 13.1. The van der Waals surface area contributed by atoms with E-state index in [1.807, 2.05) is 0 Å². The standard InChI is InChI=1S/C32H64/c1-31(2)27-23-19-15-11-7-5-9-13-17-21-25-29-32(3,4)30-26-22-18-14-10-6-8-12-16-20-24-28-31/h5-30H2,1-4H3. The van der Waals surface area contributed by atoms with Crippen LogP contribution >= 0.6 is 0 Å². The maximum Gasteiger partial charge on any atom is -0.0354 e. The molecule has 32 heavy (non-hydrogen) atoms. The van der Waals surface area contributed by atoms with Crippen LogP contribution in [0, 0.1) is 10.8 Å². The number of hydrogen-bond acceptors (Lipinski definition) is 0. The van der Waals surface area contributed by atoms with Gasteiger partial charge in [0.25, 0.3) is 0 Å². The number of rotatable bonds is 0. The van der Waals surface area contributed by atoms with Crippen LogP contribution in [0.25, 0.3) is 0 Å². The van der Waals surface area contributed by atoms with E-state index in [1.165, 1.54) is 167 Å². The molecule has 0 aromatic carbocycles. The van der Waals surface area contributed by atoms with Gasteiger partial charge in [0.2, 0.25) is 0 Å². The van der Waals surface area contributed by atoms with Gasteiger partial charge in [-0.15, -0.1) is 0 Å². The van der Waals surface area contributed by atoms with Crippen LogP contribution in [0.2, 0.25) is 0 Å². The Labute approximate surface area is 205 Å². The summed E-state index contributed by atoms with van der Waals surface area (Å²) in [4.78, 5) is 0. The van der Waals surface area contributed by atoms with Gasteiger partial charge in [0.1, 0.15) is 0 Å². The second-order valence-electron chi connectivity index (χ2n) is 13.1. The van der Waals surface area contributed by atoms with Gasteiger partial charge in [-0.05, 0) is 36.5 Å². The summed E-state index contributed by atoms with van der Waals surface area (Å²) in [7, 11) is 0. The van der Waals surface area contributed by atoms with E-state index >= 15 is 0 Å². The normalized spacial score (nSPS) is 25.9. The summed E-state index contributed by atoms with van der Waals surface area (Å²) in [5, 5.41) is 0. The van der Waals surface area contributed by atoms with Crippen LogP contribution in [0.15, 0.2) is 0 Å². The molecule has 1 saturated carbocycles. The fourth-order valence-electron chi connectivity index (χ4n) is 5.85. The van der Waals surface area contributed by atoms with Crippen molar-refractivity contribution < 1.29 is 0 Å². The third-order valence-electron chi connectivity index (χ3n) is 8.41. The average molecular weight is 449 g/mol. The molecule has 0 heteroatoms. The zero-order chi connectivity index (χ0) is 23.4. The molecule has 0 radical (unpaired) electrons. The largest absolute Gasteiger partial charge is 0.0599 e. The zero-order valence-electron chi connectivity index (χ0n) is 23.4. The van der Waals surface area contributed by atoms with E-state index < -0.39 is 0 Å². The van der Waals surface area contributed by atoms with Gasteiger partial charge >= 0.3 is 0 Å². The summed E-state index contributed by atoms with van der Waals surface area (Å²) in [5.74, 6) is 0. The highest BCUT2D eigenvalue weighted by molar-refractivity contribution is 4.70. The minimum absolute atomic E-state index is 0.581. The predicted molar refractivity (Wildman–Crippen MR) is 148 cm³/mol. The summed E-state index contributed by atoms with van der Waals surface area (Å²) in [6.07, 6.45) is 38.3. The molecule has 0 N–H and O–H groups in total.